The maximum Gasteiger partial charge on any atom is 0.245 e. The van der Waals surface area contributed by atoms with Crippen LogP contribution in [0.2, 0.25) is 0 Å². The van der Waals surface area contributed by atoms with Crippen LogP contribution in [0, 0.1) is 0 Å². The Hall–Kier alpha value is -0.960. The lowest BCUT2D eigenvalue weighted by Gasteiger charge is -2.07. The molecular weight excluding hydrogens is 346 g/mol. The van der Waals surface area contributed by atoms with E-state index in [1.165, 1.54) is 11.8 Å². The predicted octanol–water partition coefficient (Wildman–Crippen LogP) is 1.23. The SMILES string of the molecule is CCOCC(=O)CCCOCCOCC(=O)NCCCC(=O)CSC. The first-order valence-corrected chi connectivity index (χ1v) is 10.0. The van der Waals surface area contributed by atoms with Gasteiger partial charge in [-0.3, -0.25) is 14.4 Å². The van der Waals surface area contributed by atoms with Crippen LogP contribution in [0.15, 0.2) is 0 Å². The first-order valence-electron chi connectivity index (χ1n) is 8.62. The summed E-state index contributed by atoms with van der Waals surface area (Å²) in [6.45, 7) is 4.22. The van der Waals surface area contributed by atoms with Crippen molar-refractivity contribution in [1.29, 1.82) is 0 Å². The van der Waals surface area contributed by atoms with Crippen LogP contribution in [0.25, 0.3) is 0 Å². The summed E-state index contributed by atoms with van der Waals surface area (Å²) in [5.41, 5.74) is 0. The minimum absolute atomic E-state index is 0.0189. The molecule has 0 bridgehead atoms. The average Bonchev–Trinajstić information content (AvgIpc) is 2.59. The van der Waals surface area contributed by atoms with Crippen molar-refractivity contribution in [2.75, 3.05) is 58.2 Å². The average molecular weight is 378 g/mol. The minimum atomic E-state index is -0.196. The fraction of sp³-hybridized carbons (Fsp3) is 0.824. The summed E-state index contributed by atoms with van der Waals surface area (Å²) in [5, 5.41) is 2.71. The highest BCUT2D eigenvalue weighted by Crippen LogP contribution is 1.97. The molecular formula is C17H31NO6S. The third kappa shape index (κ3) is 17.6. The molecule has 0 saturated carbocycles. The molecule has 25 heavy (non-hydrogen) atoms. The maximum atomic E-state index is 11.5. The van der Waals surface area contributed by atoms with E-state index >= 15 is 0 Å². The van der Waals surface area contributed by atoms with Gasteiger partial charge in [-0.15, -0.1) is 0 Å². The van der Waals surface area contributed by atoms with Crippen LogP contribution >= 0.6 is 11.8 Å². The fourth-order valence-corrected chi connectivity index (χ4v) is 2.31. The number of thioether (sulfide) groups is 1. The van der Waals surface area contributed by atoms with Crippen LogP contribution in [0.5, 0.6) is 0 Å². The van der Waals surface area contributed by atoms with Gasteiger partial charge in [-0.2, -0.15) is 11.8 Å². The molecule has 0 fully saturated rings. The van der Waals surface area contributed by atoms with Gasteiger partial charge in [0.05, 0.1) is 19.0 Å². The van der Waals surface area contributed by atoms with Crippen LogP contribution < -0.4 is 5.32 Å². The van der Waals surface area contributed by atoms with Crippen molar-refractivity contribution >= 4 is 29.2 Å². The van der Waals surface area contributed by atoms with Gasteiger partial charge in [0, 0.05) is 32.6 Å². The van der Waals surface area contributed by atoms with E-state index in [9.17, 15) is 14.4 Å². The number of nitrogens with one attached hydrogen (secondary N) is 1. The summed E-state index contributed by atoms with van der Waals surface area (Å²) in [6, 6.07) is 0. The molecule has 1 amide bonds. The molecule has 0 heterocycles. The Morgan fingerprint density at radius 2 is 1.60 bits per heavy atom. The lowest BCUT2D eigenvalue weighted by molar-refractivity contribution is -0.126. The highest BCUT2D eigenvalue weighted by molar-refractivity contribution is 7.99. The van der Waals surface area contributed by atoms with Crippen molar-refractivity contribution in [3.63, 3.8) is 0 Å². The van der Waals surface area contributed by atoms with Gasteiger partial charge in [0.2, 0.25) is 5.91 Å². The molecule has 0 aromatic carbocycles. The number of hydrogen-bond acceptors (Lipinski definition) is 7. The van der Waals surface area contributed by atoms with E-state index in [1.54, 1.807) is 0 Å². The Labute approximate surface area is 154 Å². The molecule has 146 valence electrons. The Balaban J connectivity index is 3.32. The Bertz CT molecular complexity index is 378. The van der Waals surface area contributed by atoms with Crippen LogP contribution in [-0.4, -0.2) is 75.7 Å². The zero-order valence-corrected chi connectivity index (χ0v) is 16.2. The van der Waals surface area contributed by atoms with Crippen LogP contribution in [0.1, 0.15) is 32.6 Å². The number of ketones is 2. The van der Waals surface area contributed by atoms with Gasteiger partial charge in [-0.1, -0.05) is 0 Å². The third-order valence-electron chi connectivity index (χ3n) is 3.08. The normalized spacial score (nSPS) is 10.6. The summed E-state index contributed by atoms with van der Waals surface area (Å²) in [5.74, 6) is 0.611. The Morgan fingerprint density at radius 3 is 2.32 bits per heavy atom. The highest BCUT2D eigenvalue weighted by atomic mass is 32.2. The number of rotatable bonds is 18. The summed E-state index contributed by atoms with van der Waals surface area (Å²) in [7, 11) is 0. The van der Waals surface area contributed by atoms with E-state index in [-0.39, 0.29) is 30.7 Å². The standard InChI is InChI=1S/C17H31NO6S/c1-3-22-12-15(19)7-5-9-23-10-11-24-13-17(21)18-8-4-6-16(20)14-25-2/h3-14H2,1-2H3,(H,18,21). The van der Waals surface area contributed by atoms with Gasteiger partial charge in [-0.05, 0) is 26.0 Å². The molecule has 0 atom stereocenters. The van der Waals surface area contributed by atoms with Gasteiger partial charge in [-0.25, -0.2) is 0 Å². The molecule has 0 unspecified atom stereocenters. The first kappa shape index (κ1) is 24.0. The predicted molar refractivity (Wildman–Crippen MR) is 98.0 cm³/mol. The smallest absolute Gasteiger partial charge is 0.245 e. The van der Waals surface area contributed by atoms with E-state index in [4.69, 9.17) is 14.2 Å². The van der Waals surface area contributed by atoms with Crippen molar-refractivity contribution in [3.05, 3.63) is 0 Å². The summed E-state index contributed by atoms with van der Waals surface area (Å²) < 4.78 is 15.5. The summed E-state index contributed by atoms with van der Waals surface area (Å²) in [4.78, 5) is 34.1. The van der Waals surface area contributed by atoms with Gasteiger partial charge >= 0.3 is 0 Å². The fourth-order valence-electron chi connectivity index (χ4n) is 1.84. The van der Waals surface area contributed by atoms with E-state index in [2.05, 4.69) is 5.32 Å². The number of ether oxygens (including phenoxy) is 3. The van der Waals surface area contributed by atoms with E-state index < -0.39 is 0 Å². The first-order chi connectivity index (χ1) is 12.1. The van der Waals surface area contributed by atoms with Gasteiger partial charge in [0.15, 0.2) is 5.78 Å². The molecule has 0 rings (SSSR count). The van der Waals surface area contributed by atoms with E-state index in [0.717, 1.165) is 0 Å². The molecule has 0 saturated heterocycles. The number of Topliss-reactive ketones (excluding diaryl/α,β-unsaturated/α-hetero) is 2. The minimum Gasteiger partial charge on any atom is -0.379 e. The van der Waals surface area contributed by atoms with Crippen LogP contribution in [-0.2, 0) is 28.6 Å². The topological polar surface area (TPSA) is 90.9 Å². The molecule has 1 N–H and O–H groups in total. The lowest BCUT2D eigenvalue weighted by Crippen LogP contribution is -2.29. The third-order valence-corrected chi connectivity index (χ3v) is 3.69. The van der Waals surface area contributed by atoms with Gasteiger partial charge in [0.1, 0.15) is 19.0 Å². The number of hydrogen-bond donors (Lipinski definition) is 1. The van der Waals surface area contributed by atoms with Crippen molar-refractivity contribution in [2.45, 2.75) is 32.6 Å². The monoisotopic (exact) mass is 377 g/mol. The largest absolute Gasteiger partial charge is 0.379 e. The second-order valence-electron chi connectivity index (χ2n) is 5.37. The molecule has 0 aromatic rings. The molecule has 0 aromatic heterocycles. The lowest BCUT2D eigenvalue weighted by atomic mass is 10.2. The highest BCUT2D eigenvalue weighted by Gasteiger charge is 2.04. The molecule has 0 aliphatic carbocycles. The van der Waals surface area contributed by atoms with Crippen LogP contribution in [0.4, 0.5) is 0 Å². The zero-order valence-electron chi connectivity index (χ0n) is 15.3. The number of carbonyl (C=O) groups excluding carboxylic acids is 3. The molecule has 0 aliphatic rings. The van der Waals surface area contributed by atoms with Gasteiger partial charge in [0.25, 0.3) is 0 Å². The summed E-state index contributed by atoms with van der Waals surface area (Å²) in [6.07, 6.45) is 4.13. The Morgan fingerprint density at radius 1 is 0.880 bits per heavy atom. The van der Waals surface area contributed by atoms with Crippen molar-refractivity contribution in [1.82, 2.24) is 5.32 Å². The van der Waals surface area contributed by atoms with Crippen molar-refractivity contribution in [2.24, 2.45) is 0 Å². The van der Waals surface area contributed by atoms with Crippen molar-refractivity contribution < 1.29 is 28.6 Å². The number of amides is 1. The maximum absolute atomic E-state index is 11.5. The van der Waals surface area contributed by atoms with Gasteiger partial charge < -0.3 is 19.5 Å². The molecule has 0 radical (unpaired) electrons. The molecule has 0 spiro atoms. The van der Waals surface area contributed by atoms with Crippen LogP contribution in [0.3, 0.4) is 0 Å². The van der Waals surface area contributed by atoms with E-state index in [0.29, 0.717) is 64.4 Å². The Kier molecular flexibility index (Phi) is 17.2. The second kappa shape index (κ2) is 17.8. The molecule has 0 aliphatic heterocycles. The second-order valence-corrected chi connectivity index (χ2v) is 6.24. The summed E-state index contributed by atoms with van der Waals surface area (Å²) >= 11 is 1.51. The number of carbonyl (C=O) groups is 3. The quantitative estimate of drug-likeness (QED) is 0.359. The molecule has 7 nitrogen and oxygen atoms in total. The van der Waals surface area contributed by atoms with E-state index in [1.807, 2.05) is 13.2 Å². The zero-order chi connectivity index (χ0) is 18.8. The molecule has 8 heteroatoms. The van der Waals surface area contributed by atoms with Crippen molar-refractivity contribution in [3.8, 4) is 0 Å².